The zero-order valence-electron chi connectivity index (χ0n) is 17.0. The second-order valence-corrected chi connectivity index (χ2v) is 8.15. The van der Waals surface area contributed by atoms with Crippen LogP contribution in [0.4, 0.5) is 13.2 Å². The fourth-order valence-electron chi connectivity index (χ4n) is 4.55. The van der Waals surface area contributed by atoms with Crippen molar-refractivity contribution in [3.05, 3.63) is 58.0 Å². The number of fused-ring (bicyclic) bond motifs is 4. The molecule has 170 valence electrons. The van der Waals surface area contributed by atoms with Crippen molar-refractivity contribution in [3.8, 4) is 11.1 Å². The van der Waals surface area contributed by atoms with Gasteiger partial charge in [0, 0.05) is 36.8 Å². The Morgan fingerprint density at radius 2 is 1.88 bits per heavy atom. The number of alkyl halides is 3. The minimum atomic E-state index is -4.50. The highest BCUT2D eigenvalue weighted by molar-refractivity contribution is 5.78. The molecule has 32 heavy (non-hydrogen) atoms. The monoisotopic (exact) mass is 450 g/mol. The minimum absolute atomic E-state index is 0.0131. The smallest absolute Gasteiger partial charge is 0.416 e. The summed E-state index contributed by atoms with van der Waals surface area (Å²) >= 11 is 0. The standard InChI is InChI=1S/C22H21F3N2O5/c23-22(24,25)16-3-1-2-14(7-16)17-4-5-18-15-6-13(9-27(18)21(17)31)8-26(10-15)19(28)11-32-12-20(29)30/h1-5,7,13,15H,6,8-12H2,(H,29,30)/t13-,15-/m1/s1. The van der Waals surface area contributed by atoms with Gasteiger partial charge < -0.3 is 19.3 Å². The molecule has 7 nitrogen and oxygen atoms in total. The third-order valence-corrected chi connectivity index (χ3v) is 5.91. The summed E-state index contributed by atoms with van der Waals surface area (Å²) in [5, 5.41) is 8.62. The van der Waals surface area contributed by atoms with Crippen molar-refractivity contribution in [2.45, 2.75) is 25.1 Å². The molecule has 0 unspecified atom stereocenters. The molecule has 0 radical (unpaired) electrons. The molecule has 0 aliphatic carbocycles. The van der Waals surface area contributed by atoms with Crippen LogP contribution in [0.25, 0.3) is 11.1 Å². The molecular formula is C22H21F3N2O5. The number of carboxylic acids is 1. The van der Waals surface area contributed by atoms with E-state index in [-0.39, 0.29) is 41.0 Å². The third kappa shape index (κ3) is 4.40. The normalized spacial score (nSPS) is 20.0. The van der Waals surface area contributed by atoms with Crippen molar-refractivity contribution >= 4 is 11.9 Å². The third-order valence-electron chi connectivity index (χ3n) is 5.91. The van der Waals surface area contributed by atoms with Gasteiger partial charge in [0.1, 0.15) is 13.2 Å². The van der Waals surface area contributed by atoms with Gasteiger partial charge in [0.05, 0.1) is 5.56 Å². The quantitative estimate of drug-likeness (QED) is 0.757. The Bertz CT molecular complexity index is 1110. The number of carbonyl (C=O) groups is 2. The summed E-state index contributed by atoms with van der Waals surface area (Å²) in [7, 11) is 0. The van der Waals surface area contributed by atoms with Crippen LogP contribution in [-0.4, -0.2) is 52.8 Å². The molecule has 2 aromatic rings. The van der Waals surface area contributed by atoms with Crippen LogP contribution in [0.2, 0.25) is 0 Å². The minimum Gasteiger partial charge on any atom is -0.480 e. The molecule has 1 saturated heterocycles. The lowest BCUT2D eigenvalue weighted by molar-refractivity contribution is -0.147. The van der Waals surface area contributed by atoms with Crippen LogP contribution in [0.5, 0.6) is 0 Å². The van der Waals surface area contributed by atoms with Crippen molar-refractivity contribution < 1.29 is 32.6 Å². The number of rotatable bonds is 5. The molecule has 2 bridgehead atoms. The molecular weight excluding hydrogens is 429 g/mol. The molecule has 1 aromatic carbocycles. The van der Waals surface area contributed by atoms with Gasteiger partial charge in [-0.1, -0.05) is 12.1 Å². The van der Waals surface area contributed by atoms with Gasteiger partial charge >= 0.3 is 12.1 Å². The number of hydrogen-bond donors (Lipinski definition) is 1. The molecule has 1 amide bonds. The molecule has 10 heteroatoms. The van der Waals surface area contributed by atoms with E-state index in [1.807, 2.05) is 0 Å². The largest absolute Gasteiger partial charge is 0.480 e. The van der Waals surface area contributed by atoms with E-state index in [0.29, 0.717) is 19.6 Å². The first kappa shape index (κ1) is 22.1. The van der Waals surface area contributed by atoms with E-state index in [0.717, 1.165) is 24.2 Å². The topological polar surface area (TPSA) is 88.8 Å². The predicted molar refractivity (Wildman–Crippen MR) is 107 cm³/mol. The van der Waals surface area contributed by atoms with Crippen molar-refractivity contribution in [2.24, 2.45) is 5.92 Å². The van der Waals surface area contributed by atoms with E-state index in [4.69, 9.17) is 9.84 Å². The van der Waals surface area contributed by atoms with Gasteiger partial charge in [0.15, 0.2) is 0 Å². The van der Waals surface area contributed by atoms with E-state index in [1.54, 1.807) is 21.6 Å². The Morgan fingerprint density at radius 1 is 1.09 bits per heavy atom. The second-order valence-electron chi connectivity index (χ2n) is 8.15. The van der Waals surface area contributed by atoms with Gasteiger partial charge in [0.2, 0.25) is 5.91 Å². The van der Waals surface area contributed by atoms with Crippen LogP contribution >= 0.6 is 0 Å². The number of nitrogens with zero attached hydrogens (tertiary/aromatic N) is 2. The SMILES string of the molecule is O=C(O)COCC(=O)N1C[C@H]2C[C@H](C1)c1ccc(-c3cccc(C(F)(F)F)c3)c(=O)n1C2. The molecule has 0 saturated carbocycles. The van der Waals surface area contributed by atoms with Gasteiger partial charge in [-0.25, -0.2) is 4.79 Å². The number of pyridine rings is 1. The number of carbonyl (C=O) groups excluding carboxylic acids is 1. The zero-order chi connectivity index (χ0) is 23.0. The van der Waals surface area contributed by atoms with Crippen LogP contribution in [0, 0.1) is 5.92 Å². The molecule has 2 aliphatic rings. The first-order valence-electron chi connectivity index (χ1n) is 10.1. The number of aliphatic carboxylic acids is 1. The highest BCUT2D eigenvalue weighted by Gasteiger charge is 2.37. The van der Waals surface area contributed by atoms with E-state index in [2.05, 4.69) is 0 Å². The van der Waals surface area contributed by atoms with Crippen LogP contribution in [0.15, 0.2) is 41.2 Å². The van der Waals surface area contributed by atoms with Crippen molar-refractivity contribution in [2.75, 3.05) is 26.3 Å². The number of aromatic nitrogens is 1. The zero-order valence-corrected chi connectivity index (χ0v) is 17.0. The van der Waals surface area contributed by atoms with Crippen LogP contribution in [0.3, 0.4) is 0 Å². The maximum absolute atomic E-state index is 13.2. The number of benzene rings is 1. The number of piperidine rings is 1. The van der Waals surface area contributed by atoms with Crippen LogP contribution in [-0.2, 0) is 27.0 Å². The van der Waals surface area contributed by atoms with Crippen LogP contribution in [0.1, 0.15) is 23.6 Å². The maximum atomic E-state index is 13.2. The fourth-order valence-corrected chi connectivity index (χ4v) is 4.55. The molecule has 1 aromatic heterocycles. The number of amides is 1. The number of likely N-dealkylation sites (tertiary alicyclic amines) is 1. The lowest BCUT2D eigenvalue weighted by Gasteiger charge is -2.42. The van der Waals surface area contributed by atoms with Crippen molar-refractivity contribution in [1.82, 2.24) is 9.47 Å². The van der Waals surface area contributed by atoms with Crippen molar-refractivity contribution in [1.29, 1.82) is 0 Å². The Balaban J connectivity index is 1.57. The highest BCUT2D eigenvalue weighted by atomic mass is 19.4. The van der Waals surface area contributed by atoms with Gasteiger partial charge in [-0.15, -0.1) is 0 Å². The molecule has 0 spiro atoms. The molecule has 1 fully saturated rings. The van der Waals surface area contributed by atoms with Gasteiger partial charge in [-0.3, -0.25) is 9.59 Å². The molecule has 2 aliphatic heterocycles. The second kappa shape index (κ2) is 8.42. The van der Waals surface area contributed by atoms with Gasteiger partial charge in [-0.05, 0) is 42.2 Å². The molecule has 1 N–H and O–H groups in total. The summed E-state index contributed by atoms with van der Waals surface area (Å²) in [5.41, 5.74) is -0.00153. The number of carboxylic acid groups (broad SMARTS) is 1. The summed E-state index contributed by atoms with van der Waals surface area (Å²) in [6.45, 7) is 0.257. The Labute approximate surface area is 181 Å². The van der Waals surface area contributed by atoms with Crippen molar-refractivity contribution in [3.63, 3.8) is 0 Å². The first-order valence-corrected chi connectivity index (χ1v) is 10.1. The van der Waals surface area contributed by atoms with Gasteiger partial charge in [-0.2, -0.15) is 13.2 Å². The summed E-state index contributed by atoms with van der Waals surface area (Å²) in [4.78, 5) is 37.7. The predicted octanol–water partition coefficient (Wildman–Crippen LogP) is 2.58. The number of hydrogen-bond acceptors (Lipinski definition) is 4. The van der Waals surface area contributed by atoms with Crippen LogP contribution < -0.4 is 5.56 Å². The van der Waals surface area contributed by atoms with E-state index < -0.39 is 24.3 Å². The number of halogens is 3. The lowest BCUT2D eigenvalue weighted by Crippen LogP contribution is -2.50. The van der Waals surface area contributed by atoms with E-state index in [1.165, 1.54) is 12.1 Å². The lowest BCUT2D eigenvalue weighted by atomic mass is 9.82. The summed E-state index contributed by atoms with van der Waals surface area (Å²) in [5.74, 6) is -1.54. The molecule has 3 heterocycles. The Hall–Kier alpha value is -3.14. The fraction of sp³-hybridized carbons (Fsp3) is 0.409. The average molecular weight is 450 g/mol. The molecule has 2 atom stereocenters. The summed E-state index contributed by atoms with van der Waals surface area (Å²) in [6, 6.07) is 8.00. The van der Waals surface area contributed by atoms with Gasteiger partial charge in [0.25, 0.3) is 5.56 Å². The number of ether oxygens (including phenoxy) is 1. The highest BCUT2D eigenvalue weighted by Crippen LogP contribution is 2.36. The molecule has 4 rings (SSSR count). The van der Waals surface area contributed by atoms with E-state index >= 15 is 0 Å². The Morgan fingerprint density at radius 3 is 2.59 bits per heavy atom. The maximum Gasteiger partial charge on any atom is 0.416 e. The summed E-state index contributed by atoms with van der Waals surface area (Å²) < 4.78 is 45.7. The average Bonchev–Trinajstić information content (AvgIpc) is 2.73. The Kier molecular flexibility index (Phi) is 5.81. The summed E-state index contributed by atoms with van der Waals surface area (Å²) in [6.07, 6.45) is -3.70. The van der Waals surface area contributed by atoms with E-state index in [9.17, 15) is 27.6 Å². The first-order chi connectivity index (χ1) is 15.1.